The molecule has 0 unspecified atom stereocenters. The van der Waals surface area contributed by atoms with Gasteiger partial charge < -0.3 is 0 Å². The molecule has 1 N–H and O–H groups in total. The second-order valence-electron chi connectivity index (χ2n) is 2.89. The van der Waals surface area contributed by atoms with Gasteiger partial charge in [0.2, 0.25) is 5.91 Å². The number of rotatable bonds is 1. The fourth-order valence-corrected chi connectivity index (χ4v) is 0.737. The Morgan fingerprint density at radius 2 is 1.89 bits per heavy atom. The van der Waals surface area contributed by atoms with Gasteiger partial charge in [0.25, 0.3) is 0 Å². The van der Waals surface area contributed by atoms with Crippen molar-refractivity contribution >= 4 is 17.9 Å². The van der Waals surface area contributed by atoms with Crippen molar-refractivity contribution in [3.8, 4) is 0 Å². The standard InChI is InChI=1S/C6H13NOS/c1-6(2,3)5(8)7-9-4/h1-4H3,(H,7,8). The molecule has 0 radical (unpaired) electrons. The zero-order valence-electron chi connectivity index (χ0n) is 6.32. The molecule has 0 aliphatic rings. The average molecular weight is 147 g/mol. The Labute approximate surface area is 60.5 Å². The molecule has 0 rings (SSSR count). The van der Waals surface area contributed by atoms with Gasteiger partial charge in [0.1, 0.15) is 0 Å². The maximum Gasteiger partial charge on any atom is 0.235 e. The topological polar surface area (TPSA) is 29.1 Å². The smallest absolute Gasteiger partial charge is 0.235 e. The highest BCUT2D eigenvalue weighted by atomic mass is 32.2. The summed E-state index contributed by atoms with van der Waals surface area (Å²) in [4.78, 5) is 10.9. The van der Waals surface area contributed by atoms with E-state index in [4.69, 9.17) is 0 Å². The minimum absolute atomic E-state index is 0.0787. The third kappa shape index (κ3) is 3.40. The maximum atomic E-state index is 10.9. The highest BCUT2D eigenvalue weighted by Gasteiger charge is 2.19. The first kappa shape index (κ1) is 8.82. The fraction of sp³-hybridized carbons (Fsp3) is 0.833. The van der Waals surface area contributed by atoms with E-state index >= 15 is 0 Å². The average Bonchev–Trinajstić information content (AvgIpc) is 1.64. The summed E-state index contributed by atoms with van der Waals surface area (Å²) in [6.07, 6.45) is 1.84. The van der Waals surface area contributed by atoms with E-state index in [1.54, 1.807) is 0 Å². The van der Waals surface area contributed by atoms with Crippen LogP contribution in [0.5, 0.6) is 0 Å². The van der Waals surface area contributed by atoms with Crippen LogP contribution < -0.4 is 4.72 Å². The van der Waals surface area contributed by atoms with Crippen LogP contribution in [0.2, 0.25) is 0 Å². The van der Waals surface area contributed by atoms with Gasteiger partial charge in [-0.15, -0.1) is 0 Å². The molecule has 0 saturated heterocycles. The van der Waals surface area contributed by atoms with E-state index in [0.717, 1.165) is 0 Å². The van der Waals surface area contributed by atoms with E-state index in [1.165, 1.54) is 11.9 Å². The second-order valence-corrected chi connectivity index (χ2v) is 3.50. The van der Waals surface area contributed by atoms with E-state index in [2.05, 4.69) is 4.72 Å². The summed E-state index contributed by atoms with van der Waals surface area (Å²) in [6, 6.07) is 0. The van der Waals surface area contributed by atoms with Crippen LogP contribution in [0.1, 0.15) is 20.8 Å². The van der Waals surface area contributed by atoms with Crippen molar-refractivity contribution in [3.63, 3.8) is 0 Å². The van der Waals surface area contributed by atoms with Crippen LogP contribution in [0, 0.1) is 5.41 Å². The number of carbonyl (C=O) groups excluding carboxylic acids is 1. The van der Waals surface area contributed by atoms with Crippen molar-refractivity contribution in [2.24, 2.45) is 5.41 Å². The monoisotopic (exact) mass is 147 g/mol. The highest BCUT2D eigenvalue weighted by Crippen LogP contribution is 2.13. The summed E-state index contributed by atoms with van der Waals surface area (Å²) >= 11 is 1.34. The number of hydrogen-bond acceptors (Lipinski definition) is 2. The zero-order valence-corrected chi connectivity index (χ0v) is 7.13. The lowest BCUT2D eigenvalue weighted by atomic mass is 9.96. The van der Waals surface area contributed by atoms with Crippen LogP contribution in [0.25, 0.3) is 0 Å². The van der Waals surface area contributed by atoms with Gasteiger partial charge in [-0.2, -0.15) is 0 Å². The normalized spacial score (nSPS) is 11.1. The number of amides is 1. The first-order valence-electron chi connectivity index (χ1n) is 2.82. The van der Waals surface area contributed by atoms with Crippen LogP contribution in [-0.2, 0) is 4.79 Å². The molecule has 0 aliphatic carbocycles. The molecule has 1 amide bonds. The molecule has 0 aliphatic heterocycles. The van der Waals surface area contributed by atoms with Gasteiger partial charge in [-0.05, 0) is 0 Å². The Morgan fingerprint density at radius 1 is 1.44 bits per heavy atom. The van der Waals surface area contributed by atoms with Crippen LogP contribution in [-0.4, -0.2) is 12.2 Å². The lowest BCUT2D eigenvalue weighted by Crippen LogP contribution is -2.29. The second kappa shape index (κ2) is 3.11. The van der Waals surface area contributed by atoms with E-state index in [1.807, 2.05) is 27.0 Å². The minimum Gasteiger partial charge on any atom is -0.300 e. The van der Waals surface area contributed by atoms with Crippen molar-refractivity contribution in [2.75, 3.05) is 6.26 Å². The molecule has 0 aromatic carbocycles. The molecule has 0 saturated carbocycles. The number of carbonyl (C=O) groups is 1. The maximum absolute atomic E-state index is 10.9. The van der Waals surface area contributed by atoms with Crippen molar-refractivity contribution in [3.05, 3.63) is 0 Å². The minimum atomic E-state index is -0.261. The molecule has 3 heteroatoms. The van der Waals surface area contributed by atoms with Crippen molar-refractivity contribution < 1.29 is 4.79 Å². The van der Waals surface area contributed by atoms with Gasteiger partial charge in [0.05, 0.1) is 0 Å². The molecule has 9 heavy (non-hydrogen) atoms. The van der Waals surface area contributed by atoms with Gasteiger partial charge in [0.15, 0.2) is 0 Å². The summed E-state index contributed by atoms with van der Waals surface area (Å²) in [5, 5.41) is 0. The molecular weight excluding hydrogens is 134 g/mol. The van der Waals surface area contributed by atoms with Crippen molar-refractivity contribution in [1.82, 2.24) is 4.72 Å². The zero-order chi connectivity index (χ0) is 7.49. The molecule has 0 bridgehead atoms. The third-order valence-electron chi connectivity index (χ3n) is 0.876. The lowest BCUT2D eigenvalue weighted by molar-refractivity contribution is -0.126. The van der Waals surface area contributed by atoms with Gasteiger partial charge in [-0.1, -0.05) is 32.7 Å². The first-order valence-corrected chi connectivity index (χ1v) is 4.04. The lowest BCUT2D eigenvalue weighted by Gasteiger charge is -2.15. The van der Waals surface area contributed by atoms with Gasteiger partial charge in [-0.3, -0.25) is 9.52 Å². The molecular formula is C6H13NOS. The molecule has 0 spiro atoms. The van der Waals surface area contributed by atoms with E-state index in [0.29, 0.717) is 0 Å². The fourth-order valence-electron chi connectivity index (χ4n) is 0.246. The molecule has 0 aromatic heterocycles. The number of nitrogens with one attached hydrogen (secondary N) is 1. The number of hydrogen-bond donors (Lipinski definition) is 1. The Balaban J connectivity index is 3.74. The van der Waals surface area contributed by atoms with Crippen LogP contribution in [0.3, 0.4) is 0 Å². The Kier molecular flexibility index (Phi) is 3.04. The van der Waals surface area contributed by atoms with Crippen LogP contribution in [0.15, 0.2) is 0 Å². The Hall–Kier alpha value is -0.180. The van der Waals surface area contributed by atoms with Crippen molar-refractivity contribution in [2.45, 2.75) is 20.8 Å². The van der Waals surface area contributed by atoms with Gasteiger partial charge >= 0.3 is 0 Å². The van der Waals surface area contributed by atoms with E-state index in [-0.39, 0.29) is 11.3 Å². The van der Waals surface area contributed by atoms with E-state index < -0.39 is 0 Å². The molecule has 0 aromatic rings. The quantitative estimate of drug-likeness (QED) is 0.568. The molecule has 0 atom stereocenters. The highest BCUT2D eigenvalue weighted by molar-refractivity contribution is 7.97. The Morgan fingerprint density at radius 3 is 2.00 bits per heavy atom. The van der Waals surface area contributed by atoms with E-state index in [9.17, 15) is 4.79 Å². The summed E-state index contributed by atoms with van der Waals surface area (Å²) in [6.45, 7) is 5.66. The predicted octanol–water partition coefficient (Wildman–Crippen LogP) is 1.43. The molecule has 0 heterocycles. The third-order valence-corrected chi connectivity index (χ3v) is 1.27. The summed E-state index contributed by atoms with van der Waals surface area (Å²) < 4.78 is 2.66. The first-order chi connectivity index (χ1) is 3.98. The molecule has 2 nitrogen and oxygen atoms in total. The SMILES string of the molecule is CSNC(=O)C(C)(C)C. The molecule has 54 valence electrons. The van der Waals surface area contributed by atoms with Crippen molar-refractivity contribution in [1.29, 1.82) is 0 Å². The summed E-state index contributed by atoms with van der Waals surface area (Å²) in [5.41, 5.74) is -0.261. The summed E-state index contributed by atoms with van der Waals surface area (Å²) in [5.74, 6) is 0.0787. The van der Waals surface area contributed by atoms with Gasteiger partial charge in [-0.25, -0.2) is 0 Å². The van der Waals surface area contributed by atoms with Gasteiger partial charge in [0, 0.05) is 11.7 Å². The Bertz CT molecular complexity index is 106. The largest absolute Gasteiger partial charge is 0.300 e. The van der Waals surface area contributed by atoms with Crippen LogP contribution in [0.4, 0.5) is 0 Å². The summed E-state index contributed by atoms with van der Waals surface area (Å²) in [7, 11) is 0. The predicted molar refractivity (Wildman–Crippen MR) is 41.1 cm³/mol. The van der Waals surface area contributed by atoms with Crippen LogP contribution >= 0.6 is 11.9 Å². The molecule has 0 fully saturated rings.